The highest BCUT2D eigenvalue weighted by Gasteiger charge is 2.40. The van der Waals surface area contributed by atoms with Gasteiger partial charge < -0.3 is 11.1 Å². The van der Waals surface area contributed by atoms with E-state index in [1.54, 1.807) is 0 Å². The fraction of sp³-hybridized carbons (Fsp3) is 0.611. The summed E-state index contributed by atoms with van der Waals surface area (Å²) >= 11 is 0. The van der Waals surface area contributed by atoms with E-state index in [0.29, 0.717) is 12.0 Å². The van der Waals surface area contributed by atoms with Crippen molar-refractivity contribution in [3.05, 3.63) is 35.9 Å². The lowest BCUT2D eigenvalue weighted by molar-refractivity contribution is -0.129. The summed E-state index contributed by atoms with van der Waals surface area (Å²) in [7, 11) is 0. The van der Waals surface area contributed by atoms with Crippen molar-refractivity contribution in [1.82, 2.24) is 5.32 Å². The van der Waals surface area contributed by atoms with Crippen LogP contribution in [0.15, 0.2) is 30.3 Å². The van der Waals surface area contributed by atoms with Gasteiger partial charge in [0.2, 0.25) is 5.91 Å². The molecule has 2 unspecified atom stereocenters. The van der Waals surface area contributed by atoms with Crippen molar-refractivity contribution in [3.8, 4) is 0 Å². The molecule has 3 rings (SSSR count). The van der Waals surface area contributed by atoms with Gasteiger partial charge in [-0.25, -0.2) is 0 Å². The van der Waals surface area contributed by atoms with Crippen molar-refractivity contribution in [2.75, 3.05) is 0 Å². The van der Waals surface area contributed by atoms with E-state index in [1.807, 2.05) is 13.0 Å². The zero-order valence-corrected chi connectivity index (χ0v) is 12.8. The van der Waals surface area contributed by atoms with Crippen molar-refractivity contribution in [2.24, 2.45) is 11.7 Å². The maximum Gasteiger partial charge on any atom is 0.225 e. The smallest absolute Gasteiger partial charge is 0.225 e. The highest BCUT2D eigenvalue weighted by Crippen LogP contribution is 2.38. The number of rotatable bonds is 3. The topological polar surface area (TPSA) is 55.1 Å². The number of hydrogen-bond donors (Lipinski definition) is 2. The lowest BCUT2D eigenvalue weighted by Crippen LogP contribution is -2.55. The van der Waals surface area contributed by atoms with Crippen molar-refractivity contribution in [2.45, 2.75) is 62.9 Å². The highest BCUT2D eigenvalue weighted by molar-refractivity contribution is 5.80. The molecule has 0 heterocycles. The third-order valence-electron chi connectivity index (χ3n) is 5.33. The van der Waals surface area contributed by atoms with Gasteiger partial charge in [0.1, 0.15) is 0 Å². The van der Waals surface area contributed by atoms with Crippen molar-refractivity contribution >= 4 is 5.91 Å². The summed E-state index contributed by atoms with van der Waals surface area (Å²) in [4.78, 5) is 12.5. The highest BCUT2D eigenvalue weighted by atomic mass is 16.2. The minimum atomic E-state index is -0.328. The predicted molar refractivity (Wildman–Crippen MR) is 84.9 cm³/mol. The first kappa shape index (κ1) is 14.6. The monoisotopic (exact) mass is 286 g/mol. The minimum Gasteiger partial charge on any atom is -0.353 e. The van der Waals surface area contributed by atoms with Gasteiger partial charge in [-0.15, -0.1) is 0 Å². The number of nitrogens with one attached hydrogen (secondary N) is 1. The van der Waals surface area contributed by atoms with Crippen LogP contribution < -0.4 is 11.1 Å². The minimum absolute atomic E-state index is 0.0120. The van der Waals surface area contributed by atoms with E-state index in [-0.39, 0.29) is 17.4 Å². The second kappa shape index (κ2) is 5.80. The van der Waals surface area contributed by atoms with E-state index in [4.69, 9.17) is 5.73 Å². The van der Waals surface area contributed by atoms with E-state index >= 15 is 0 Å². The third-order valence-corrected chi connectivity index (χ3v) is 5.33. The summed E-state index contributed by atoms with van der Waals surface area (Å²) in [5.41, 5.74) is 7.38. The van der Waals surface area contributed by atoms with Crippen LogP contribution in [0.1, 0.15) is 56.9 Å². The molecule has 2 aliphatic carbocycles. The van der Waals surface area contributed by atoms with Gasteiger partial charge in [-0.05, 0) is 44.1 Å². The van der Waals surface area contributed by atoms with Crippen LogP contribution in [0.3, 0.4) is 0 Å². The molecule has 3 N–H and O–H groups in total. The fourth-order valence-corrected chi connectivity index (χ4v) is 3.82. The molecule has 3 heteroatoms. The molecule has 2 fully saturated rings. The van der Waals surface area contributed by atoms with E-state index in [2.05, 4.69) is 29.6 Å². The molecule has 1 aromatic rings. The molecule has 0 saturated heterocycles. The first-order valence-electron chi connectivity index (χ1n) is 8.20. The maximum atomic E-state index is 12.5. The largest absolute Gasteiger partial charge is 0.353 e. The third kappa shape index (κ3) is 3.13. The Morgan fingerprint density at radius 2 is 1.95 bits per heavy atom. The average Bonchev–Trinajstić information content (AvgIpc) is 2.42. The Balaban J connectivity index is 1.51. The van der Waals surface area contributed by atoms with Crippen LogP contribution in [0.5, 0.6) is 0 Å². The molecule has 21 heavy (non-hydrogen) atoms. The van der Waals surface area contributed by atoms with Gasteiger partial charge >= 0.3 is 0 Å². The molecule has 0 radical (unpaired) electrons. The van der Waals surface area contributed by atoms with Crippen LogP contribution >= 0.6 is 0 Å². The Bertz CT molecular complexity index is 491. The predicted octanol–water partition coefficient (Wildman–Crippen LogP) is 2.96. The number of nitrogens with two attached hydrogens (primary N) is 1. The molecule has 2 saturated carbocycles. The van der Waals surface area contributed by atoms with Gasteiger partial charge in [-0.2, -0.15) is 0 Å². The Morgan fingerprint density at radius 3 is 2.62 bits per heavy atom. The molecular formula is C18H26N2O. The zero-order chi connectivity index (χ0) is 14.9. The van der Waals surface area contributed by atoms with Crippen LogP contribution in [0.4, 0.5) is 0 Å². The quantitative estimate of drug-likeness (QED) is 0.897. The molecule has 1 amide bonds. The van der Waals surface area contributed by atoms with Crippen LogP contribution in [0, 0.1) is 5.92 Å². The molecule has 0 aliphatic heterocycles. The Hall–Kier alpha value is -1.35. The lowest BCUT2D eigenvalue weighted by Gasteiger charge is -2.41. The van der Waals surface area contributed by atoms with Crippen LogP contribution in [-0.4, -0.2) is 17.5 Å². The normalized spacial score (nSPS) is 35.8. The Kier molecular flexibility index (Phi) is 4.03. The second-order valence-electron chi connectivity index (χ2n) is 7.09. The number of carbonyl (C=O) groups excluding carboxylic acids is 1. The van der Waals surface area contributed by atoms with E-state index in [1.165, 1.54) is 5.56 Å². The molecular weight excluding hydrogens is 260 g/mol. The van der Waals surface area contributed by atoms with Gasteiger partial charge in [-0.1, -0.05) is 43.2 Å². The van der Waals surface area contributed by atoms with Gasteiger partial charge in [0.15, 0.2) is 0 Å². The second-order valence-corrected chi connectivity index (χ2v) is 7.09. The lowest BCUT2D eigenvalue weighted by atomic mass is 9.72. The SMILES string of the molecule is CC1(N)CCCCC1C(=O)NC1CC(c2ccccc2)C1. The maximum absolute atomic E-state index is 12.5. The fourth-order valence-electron chi connectivity index (χ4n) is 3.82. The number of amides is 1. The summed E-state index contributed by atoms with van der Waals surface area (Å²) < 4.78 is 0. The first-order chi connectivity index (χ1) is 10.1. The van der Waals surface area contributed by atoms with E-state index < -0.39 is 0 Å². The number of benzene rings is 1. The molecule has 0 aromatic heterocycles. The molecule has 3 nitrogen and oxygen atoms in total. The number of hydrogen-bond acceptors (Lipinski definition) is 2. The van der Waals surface area contributed by atoms with Gasteiger partial charge in [0.05, 0.1) is 5.92 Å². The van der Waals surface area contributed by atoms with E-state index in [0.717, 1.165) is 38.5 Å². The first-order valence-corrected chi connectivity index (χ1v) is 8.20. The molecule has 114 valence electrons. The Morgan fingerprint density at radius 1 is 1.24 bits per heavy atom. The summed E-state index contributed by atoms with van der Waals surface area (Å²) in [5, 5.41) is 3.22. The van der Waals surface area contributed by atoms with Crippen molar-refractivity contribution in [3.63, 3.8) is 0 Å². The van der Waals surface area contributed by atoms with Crippen molar-refractivity contribution in [1.29, 1.82) is 0 Å². The summed E-state index contributed by atoms with van der Waals surface area (Å²) in [6.45, 7) is 2.03. The number of carbonyl (C=O) groups is 1. The zero-order valence-electron chi connectivity index (χ0n) is 12.8. The summed E-state index contributed by atoms with van der Waals surface area (Å²) in [6, 6.07) is 10.9. The molecule has 2 atom stereocenters. The standard InChI is InChI=1S/C18H26N2O/c1-18(19)10-6-5-9-16(18)17(21)20-15-11-14(12-15)13-7-3-2-4-8-13/h2-4,7-8,14-16H,5-6,9-12,19H2,1H3,(H,20,21). The molecule has 0 bridgehead atoms. The van der Waals surface area contributed by atoms with Crippen LogP contribution in [-0.2, 0) is 4.79 Å². The van der Waals surface area contributed by atoms with Crippen LogP contribution in [0.2, 0.25) is 0 Å². The summed E-state index contributed by atoms with van der Waals surface area (Å²) in [5.74, 6) is 0.769. The van der Waals surface area contributed by atoms with Crippen molar-refractivity contribution < 1.29 is 4.79 Å². The van der Waals surface area contributed by atoms with Gasteiger partial charge in [0, 0.05) is 11.6 Å². The van der Waals surface area contributed by atoms with E-state index in [9.17, 15) is 4.79 Å². The molecule has 2 aliphatic rings. The van der Waals surface area contributed by atoms with Crippen LogP contribution in [0.25, 0.3) is 0 Å². The Labute approximate surface area is 127 Å². The summed E-state index contributed by atoms with van der Waals surface area (Å²) in [6.07, 6.45) is 6.29. The molecule has 0 spiro atoms. The average molecular weight is 286 g/mol. The van der Waals surface area contributed by atoms with Gasteiger partial charge in [-0.3, -0.25) is 4.79 Å². The van der Waals surface area contributed by atoms with Gasteiger partial charge in [0.25, 0.3) is 0 Å². The molecule has 1 aromatic carbocycles.